The Morgan fingerprint density at radius 3 is 2.65 bits per heavy atom. The lowest BCUT2D eigenvalue weighted by atomic mass is 9.85. The quantitative estimate of drug-likeness (QED) is 0.802. The van der Waals surface area contributed by atoms with Crippen molar-refractivity contribution in [2.45, 2.75) is 51.0 Å². The van der Waals surface area contributed by atoms with Crippen LogP contribution in [0, 0.1) is 5.92 Å². The third-order valence-electron chi connectivity index (χ3n) is 4.02. The molecule has 0 spiro atoms. The van der Waals surface area contributed by atoms with Crippen molar-refractivity contribution in [2.75, 3.05) is 26.2 Å². The fraction of sp³-hybridized carbons (Fsp3) is 1.00. The topological polar surface area (TPSA) is 15.3 Å². The van der Waals surface area contributed by atoms with Gasteiger partial charge in [0.1, 0.15) is 0 Å². The molecule has 0 aromatic carbocycles. The van der Waals surface area contributed by atoms with Crippen LogP contribution in [0.15, 0.2) is 0 Å². The van der Waals surface area contributed by atoms with Gasteiger partial charge in [0.05, 0.1) is 0 Å². The Bertz CT molecular complexity index is 242. The molecule has 0 radical (unpaired) electrons. The van der Waals surface area contributed by atoms with Crippen molar-refractivity contribution in [3.8, 4) is 0 Å². The maximum Gasteiger partial charge on any atom is 0.248 e. The first kappa shape index (κ1) is 13.2. The molecule has 0 bridgehead atoms. The molecule has 2 rings (SSSR count). The summed E-state index contributed by atoms with van der Waals surface area (Å²) in [6, 6.07) is 0.588. The zero-order chi connectivity index (χ0) is 12.3. The first-order valence-corrected chi connectivity index (χ1v) is 6.93. The molecule has 1 aliphatic carbocycles. The molecule has 17 heavy (non-hydrogen) atoms. The summed E-state index contributed by atoms with van der Waals surface area (Å²) in [5, 5.41) is 3.26. The predicted octanol–water partition coefficient (Wildman–Crippen LogP) is 2.50. The van der Waals surface area contributed by atoms with Gasteiger partial charge < -0.3 is 5.32 Å². The van der Waals surface area contributed by atoms with Crippen LogP contribution in [0.5, 0.6) is 0 Å². The molecule has 1 N–H and O–H groups in total. The van der Waals surface area contributed by atoms with E-state index < -0.39 is 5.92 Å². The highest BCUT2D eigenvalue weighted by Gasteiger charge is 2.37. The summed E-state index contributed by atoms with van der Waals surface area (Å²) in [6.07, 6.45) is 2.99. The molecule has 1 heterocycles. The summed E-state index contributed by atoms with van der Waals surface area (Å²) >= 11 is 0. The Labute approximate surface area is 103 Å². The Morgan fingerprint density at radius 2 is 2.12 bits per heavy atom. The minimum absolute atomic E-state index is 0.0995. The fourth-order valence-corrected chi connectivity index (χ4v) is 3.01. The molecule has 2 fully saturated rings. The van der Waals surface area contributed by atoms with Gasteiger partial charge in [-0.15, -0.1) is 0 Å². The van der Waals surface area contributed by atoms with Crippen molar-refractivity contribution in [3.63, 3.8) is 0 Å². The molecule has 4 heteroatoms. The van der Waals surface area contributed by atoms with E-state index in [1.807, 2.05) is 0 Å². The van der Waals surface area contributed by atoms with E-state index in [1.165, 1.54) is 0 Å². The van der Waals surface area contributed by atoms with Crippen molar-refractivity contribution in [2.24, 2.45) is 5.92 Å². The van der Waals surface area contributed by atoms with E-state index in [9.17, 15) is 8.78 Å². The molecule has 1 atom stereocenters. The standard InChI is InChI=1S/C13H24F2N2/c1-2-6-17(12-8-16-9-12)10-11-4-3-5-13(14,15)7-11/h11-12,16H,2-10H2,1H3. The van der Waals surface area contributed by atoms with Crippen LogP contribution < -0.4 is 5.32 Å². The van der Waals surface area contributed by atoms with Gasteiger partial charge in [0.2, 0.25) is 5.92 Å². The third-order valence-corrected chi connectivity index (χ3v) is 4.02. The maximum atomic E-state index is 13.4. The van der Waals surface area contributed by atoms with E-state index >= 15 is 0 Å². The maximum absolute atomic E-state index is 13.4. The third kappa shape index (κ3) is 3.62. The second-order valence-corrected chi connectivity index (χ2v) is 5.63. The molecular weight excluding hydrogens is 222 g/mol. The molecule has 2 aliphatic rings. The van der Waals surface area contributed by atoms with Crippen molar-refractivity contribution in [1.29, 1.82) is 0 Å². The van der Waals surface area contributed by atoms with Gasteiger partial charge in [-0.3, -0.25) is 4.90 Å². The van der Waals surface area contributed by atoms with Crippen LogP contribution in [0.4, 0.5) is 8.78 Å². The minimum Gasteiger partial charge on any atom is -0.314 e. The van der Waals surface area contributed by atoms with Gasteiger partial charge in [-0.05, 0) is 31.7 Å². The van der Waals surface area contributed by atoms with Crippen LogP contribution >= 0.6 is 0 Å². The fourth-order valence-electron chi connectivity index (χ4n) is 3.01. The minimum atomic E-state index is -2.40. The second-order valence-electron chi connectivity index (χ2n) is 5.63. The van der Waals surface area contributed by atoms with Gasteiger partial charge in [0.15, 0.2) is 0 Å². The van der Waals surface area contributed by atoms with Gasteiger partial charge in [-0.25, -0.2) is 8.78 Å². The summed E-state index contributed by atoms with van der Waals surface area (Å²) in [5.74, 6) is -2.20. The average Bonchev–Trinajstić information content (AvgIpc) is 2.13. The summed E-state index contributed by atoms with van der Waals surface area (Å²) in [7, 11) is 0. The normalized spacial score (nSPS) is 29.3. The summed E-state index contributed by atoms with van der Waals surface area (Å²) in [6.45, 7) is 6.14. The molecule has 0 aromatic heterocycles. The SMILES string of the molecule is CCCN(CC1CCCC(F)(F)C1)C1CNC1. The van der Waals surface area contributed by atoms with Crippen LogP contribution in [-0.2, 0) is 0 Å². The van der Waals surface area contributed by atoms with Crippen LogP contribution in [0.3, 0.4) is 0 Å². The summed E-state index contributed by atoms with van der Waals surface area (Å²) < 4.78 is 26.7. The Hall–Kier alpha value is -0.220. The first-order valence-electron chi connectivity index (χ1n) is 6.93. The number of hydrogen-bond donors (Lipinski definition) is 1. The number of nitrogens with zero attached hydrogens (tertiary/aromatic N) is 1. The Balaban J connectivity index is 1.84. The van der Waals surface area contributed by atoms with E-state index in [0.717, 1.165) is 39.0 Å². The number of alkyl halides is 2. The zero-order valence-electron chi connectivity index (χ0n) is 10.7. The van der Waals surface area contributed by atoms with Crippen LogP contribution in [0.2, 0.25) is 0 Å². The molecule has 1 aliphatic heterocycles. The molecule has 100 valence electrons. The van der Waals surface area contributed by atoms with Crippen molar-refractivity contribution >= 4 is 0 Å². The van der Waals surface area contributed by atoms with Crippen molar-refractivity contribution in [1.82, 2.24) is 10.2 Å². The van der Waals surface area contributed by atoms with E-state index in [-0.39, 0.29) is 18.8 Å². The van der Waals surface area contributed by atoms with E-state index in [0.29, 0.717) is 12.5 Å². The number of rotatable bonds is 5. The Morgan fingerprint density at radius 1 is 1.35 bits per heavy atom. The van der Waals surface area contributed by atoms with Crippen molar-refractivity contribution < 1.29 is 8.78 Å². The van der Waals surface area contributed by atoms with Gasteiger partial charge in [-0.1, -0.05) is 6.92 Å². The van der Waals surface area contributed by atoms with Gasteiger partial charge in [0.25, 0.3) is 0 Å². The van der Waals surface area contributed by atoms with Crippen molar-refractivity contribution in [3.05, 3.63) is 0 Å². The van der Waals surface area contributed by atoms with Crippen LogP contribution in [0.25, 0.3) is 0 Å². The Kier molecular flexibility index (Phi) is 4.36. The molecule has 0 amide bonds. The van der Waals surface area contributed by atoms with E-state index in [2.05, 4.69) is 17.1 Å². The molecule has 1 saturated heterocycles. The average molecular weight is 246 g/mol. The molecular formula is C13H24F2N2. The zero-order valence-corrected chi connectivity index (χ0v) is 10.7. The number of hydrogen-bond acceptors (Lipinski definition) is 2. The summed E-state index contributed by atoms with van der Waals surface area (Å²) in [5.41, 5.74) is 0. The monoisotopic (exact) mass is 246 g/mol. The number of nitrogens with one attached hydrogen (secondary N) is 1. The molecule has 1 unspecified atom stereocenters. The van der Waals surface area contributed by atoms with E-state index in [4.69, 9.17) is 0 Å². The van der Waals surface area contributed by atoms with Crippen LogP contribution in [-0.4, -0.2) is 43.0 Å². The smallest absolute Gasteiger partial charge is 0.248 e. The highest BCUT2D eigenvalue weighted by Crippen LogP contribution is 2.37. The largest absolute Gasteiger partial charge is 0.314 e. The lowest BCUT2D eigenvalue weighted by Crippen LogP contribution is -2.58. The molecule has 1 saturated carbocycles. The van der Waals surface area contributed by atoms with Gasteiger partial charge >= 0.3 is 0 Å². The number of halogens is 2. The highest BCUT2D eigenvalue weighted by molar-refractivity contribution is 4.87. The van der Waals surface area contributed by atoms with E-state index in [1.54, 1.807) is 0 Å². The lowest BCUT2D eigenvalue weighted by molar-refractivity contribution is -0.0596. The molecule has 2 nitrogen and oxygen atoms in total. The molecule has 0 aromatic rings. The van der Waals surface area contributed by atoms with Gasteiger partial charge in [-0.2, -0.15) is 0 Å². The highest BCUT2D eigenvalue weighted by atomic mass is 19.3. The summed E-state index contributed by atoms with van der Waals surface area (Å²) in [4.78, 5) is 2.42. The first-order chi connectivity index (χ1) is 8.11. The second kappa shape index (κ2) is 5.61. The predicted molar refractivity (Wildman–Crippen MR) is 65.4 cm³/mol. The van der Waals surface area contributed by atoms with Gasteiger partial charge in [0, 0.05) is 38.5 Å². The lowest BCUT2D eigenvalue weighted by Gasteiger charge is -2.41. The van der Waals surface area contributed by atoms with Crippen LogP contribution in [0.1, 0.15) is 39.0 Å².